The smallest absolute Gasteiger partial charge is 0.349 e. The zero-order valence-corrected chi connectivity index (χ0v) is 17.5. The lowest BCUT2D eigenvalue weighted by Crippen LogP contribution is -2.33. The molecule has 0 amide bonds. The van der Waals surface area contributed by atoms with Gasteiger partial charge in [-0.05, 0) is 49.9 Å². The summed E-state index contributed by atoms with van der Waals surface area (Å²) in [6.45, 7) is -1.94. The van der Waals surface area contributed by atoms with Crippen LogP contribution in [0.15, 0.2) is 41.5 Å². The van der Waals surface area contributed by atoms with Crippen molar-refractivity contribution in [3.63, 3.8) is 0 Å². The number of benzene rings is 1. The Labute approximate surface area is 186 Å². The Bertz CT molecular complexity index is 1500. The summed E-state index contributed by atoms with van der Waals surface area (Å²) in [5.41, 5.74) is -3.94. The molecule has 10 nitrogen and oxygen atoms in total. The van der Waals surface area contributed by atoms with Gasteiger partial charge < -0.3 is 4.74 Å². The van der Waals surface area contributed by atoms with E-state index in [0.29, 0.717) is 0 Å². The minimum atomic E-state index is -2.92. The molecular formula is C17H12Br2N6O4. The molecule has 0 aliphatic carbocycles. The maximum absolute atomic E-state index is 12.2. The Morgan fingerprint density at radius 1 is 1.34 bits per heavy atom. The number of rotatable bonds is 4. The van der Waals surface area contributed by atoms with Gasteiger partial charge in [0.15, 0.2) is 5.75 Å². The van der Waals surface area contributed by atoms with Gasteiger partial charge in [-0.2, -0.15) is 9.94 Å². The molecule has 0 saturated heterocycles. The molecule has 2 heterocycles. The summed E-state index contributed by atoms with van der Waals surface area (Å²) in [4.78, 5) is 37.9. The molecule has 2 aromatic heterocycles. The largest absolute Gasteiger partial charge is 0.435 e. The lowest BCUT2D eigenvalue weighted by Gasteiger charge is -2.12. The molecule has 0 fully saturated rings. The second kappa shape index (κ2) is 8.14. The number of hydrogen-bond acceptors (Lipinski definition) is 7. The highest BCUT2D eigenvalue weighted by Crippen LogP contribution is 2.38. The number of aromatic amines is 2. The summed E-state index contributed by atoms with van der Waals surface area (Å²) in [5.74, 6) is -2.90. The summed E-state index contributed by atoms with van der Waals surface area (Å²) in [5, 5.41) is 18.4. The first kappa shape index (κ1) is 14.9. The molecular weight excluding hydrogens is 512 g/mol. The van der Waals surface area contributed by atoms with Gasteiger partial charge in [-0.3, -0.25) is 14.6 Å². The monoisotopic (exact) mass is 527 g/mol. The fraction of sp³-hybridized carbons (Fsp3) is 0.176. The van der Waals surface area contributed by atoms with Gasteiger partial charge >= 0.3 is 5.69 Å². The van der Waals surface area contributed by atoms with Crippen LogP contribution in [-0.4, -0.2) is 25.0 Å². The van der Waals surface area contributed by atoms with E-state index in [1.54, 1.807) is 6.07 Å². The van der Waals surface area contributed by atoms with Crippen LogP contribution < -0.4 is 21.5 Å². The lowest BCUT2D eigenvalue weighted by atomic mass is 10.1. The SMILES string of the molecule is [2H]c1c(Oc2c(Br)cc(-n3nc(C#N)c(=O)[nH]c3=O)cc2Br)n[nH]c(=O)c1C([2H])(C)C([2H])([2H])[2H]. The molecule has 3 rings (SSSR count). The second-order valence-corrected chi connectivity index (χ2v) is 7.16. The third kappa shape index (κ3) is 4.20. The fourth-order valence-electron chi connectivity index (χ4n) is 2.17. The Balaban J connectivity index is 2.11. The average Bonchev–Trinajstić information content (AvgIpc) is 2.71. The Hall–Kier alpha value is -3.04. The Morgan fingerprint density at radius 2 is 2.03 bits per heavy atom. The molecule has 148 valence electrons. The standard InChI is InChI=1S/C17H12Br2N6O4/c1-7(2)9-5-13(22-23-15(9)26)29-14-10(18)3-8(4-11(14)19)25-17(28)21-16(27)12(6-20)24-25/h3-5,7H,1-2H3,(H,23,26)(H,21,27,28)/i1D3,5D,7D. The number of ether oxygens (including phenoxy) is 1. The molecule has 1 atom stereocenters. The van der Waals surface area contributed by atoms with Gasteiger partial charge in [-0.1, -0.05) is 13.8 Å². The van der Waals surface area contributed by atoms with Crippen LogP contribution in [0.1, 0.15) is 37.8 Å². The molecule has 0 spiro atoms. The van der Waals surface area contributed by atoms with Crippen molar-refractivity contribution in [2.45, 2.75) is 19.7 Å². The maximum atomic E-state index is 12.2. The van der Waals surface area contributed by atoms with Crippen molar-refractivity contribution in [1.82, 2.24) is 25.0 Å². The van der Waals surface area contributed by atoms with Crippen LogP contribution in [0, 0.1) is 11.3 Å². The molecule has 0 bridgehead atoms. The van der Waals surface area contributed by atoms with Gasteiger partial charge in [0.2, 0.25) is 11.6 Å². The van der Waals surface area contributed by atoms with E-state index in [0.717, 1.165) is 11.6 Å². The number of nitriles is 1. The van der Waals surface area contributed by atoms with Crippen molar-refractivity contribution in [2.24, 2.45) is 0 Å². The number of halogens is 2. The molecule has 0 aliphatic heterocycles. The van der Waals surface area contributed by atoms with Gasteiger partial charge in [0.25, 0.3) is 11.1 Å². The minimum Gasteiger partial charge on any atom is -0.435 e. The molecule has 0 radical (unpaired) electrons. The lowest BCUT2D eigenvalue weighted by molar-refractivity contribution is 0.446. The van der Waals surface area contributed by atoms with E-state index in [1.807, 2.05) is 10.1 Å². The van der Waals surface area contributed by atoms with E-state index in [4.69, 9.17) is 16.9 Å². The topological polar surface area (TPSA) is 147 Å². The van der Waals surface area contributed by atoms with Crippen molar-refractivity contribution in [3.8, 4) is 23.4 Å². The Morgan fingerprint density at radius 3 is 2.66 bits per heavy atom. The molecule has 0 aliphatic rings. The van der Waals surface area contributed by atoms with Crippen molar-refractivity contribution in [1.29, 1.82) is 5.26 Å². The highest BCUT2D eigenvalue weighted by Gasteiger charge is 2.16. The zero-order valence-electron chi connectivity index (χ0n) is 19.3. The normalized spacial score (nSPS) is 15.7. The Kier molecular flexibility index (Phi) is 4.18. The number of aromatic nitrogens is 5. The van der Waals surface area contributed by atoms with Crippen LogP contribution >= 0.6 is 31.9 Å². The summed E-state index contributed by atoms with van der Waals surface area (Å²) in [6.07, 6.45) is 0. The van der Waals surface area contributed by atoms with Crippen molar-refractivity contribution < 1.29 is 11.6 Å². The highest BCUT2D eigenvalue weighted by atomic mass is 79.9. The van der Waals surface area contributed by atoms with Crippen LogP contribution in [-0.2, 0) is 0 Å². The third-order valence-electron chi connectivity index (χ3n) is 3.45. The van der Waals surface area contributed by atoms with Crippen LogP contribution in [0.3, 0.4) is 0 Å². The van der Waals surface area contributed by atoms with Gasteiger partial charge in [0, 0.05) is 17.1 Å². The van der Waals surface area contributed by atoms with Crippen LogP contribution in [0.25, 0.3) is 5.69 Å². The number of nitrogens with one attached hydrogen (secondary N) is 2. The minimum absolute atomic E-state index is 0.0151. The summed E-state index contributed by atoms with van der Waals surface area (Å²) in [7, 11) is 0. The zero-order chi connectivity index (χ0) is 25.6. The van der Waals surface area contributed by atoms with Crippen LogP contribution in [0.4, 0.5) is 0 Å². The van der Waals surface area contributed by atoms with Gasteiger partial charge in [-0.15, -0.1) is 10.2 Å². The number of nitrogens with zero attached hydrogens (tertiary/aromatic N) is 4. The summed E-state index contributed by atoms with van der Waals surface area (Å²) >= 11 is 6.47. The van der Waals surface area contributed by atoms with Crippen molar-refractivity contribution in [3.05, 3.63) is 69.6 Å². The molecule has 0 saturated carbocycles. The summed E-state index contributed by atoms with van der Waals surface area (Å²) < 4.78 is 45.8. The molecule has 12 heteroatoms. The average molecular weight is 529 g/mol. The van der Waals surface area contributed by atoms with E-state index >= 15 is 0 Å². The third-order valence-corrected chi connectivity index (χ3v) is 4.63. The van der Waals surface area contributed by atoms with Crippen LogP contribution in [0.5, 0.6) is 11.6 Å². The van der Waals surface area contributed by atoms with Gasteiger partial charge in [0.05, 0.1) is 16.0 Å². The van der Waals surface area contributed by atoms with E-state index in [-0.39, 0.29) is 20.4 Å². The van der Waals surface area contributed by atoms with Crippen LogP contribution in [0.2, 0.25) is 0 Å². The predicted molar refractivity (Wildman–Crippen MR) is 110 cm³/mol. The van der Waals surface area contributed by atoms with Crippen molar-refractivity contribution >= 4 is 31.9 Å². The molecule has 29 heavy (non-hydrogen) atoms. The summed E-state index contributed by atoms with van der Waals surface area (Å²) in [6, 6.07) is 3.57. The quantitative estimate of drug-likeness (QED) is 0.528. The first-order valence-corrected chi connectivity index (χ1v) is 9.18. The van der Waals surface area contributed by atoms with E-state index in [1.165, 1.54) is 12.1 Å². The maximum Gasteiger partial charge on any atom is 0.349 e. The van der Waals surface area contributed by atoms with E-state index < -0.39 is 52.7 Å². The predicted octanol–water partition coefficient (Wildman–Crippen LogP) is 2.32. The fourth-order valence-corrected chi connectivity index (χ4v) is 3.50. The first-order valence-electron chi connectivity index (χ1n) is 10.1. The highest BCUT2D eigenvalue weighted by molar-refractivity contribution is 9.11. The molecule has 1 unspecified atom stereocenters. The van der Waals surface area contributed by atoms with E-state index in [2.05, 4.69) is 42.1 Å². The molecule has 2 N–H and O–H groups in total. The number of H-pyrrole nitrogens is 2. The van der Waals surface area contributed by atoms with Gasteiger partial charge in [-0.25, -0.2) is 9.89 Å². The second-order valence-electron chi connectivity index (χ2n) is 5.45. The molecule has 3 aromatic rings. The molecule has 1 aromatic carbocycles. The van der Waals surface area contributed by atoms with Crippen molar-refractivity contribution in [2.75, 3.05) is 0 Å². The van der Waals surface area contributed by atoms with E-state index in [9.17, 15) is 14.4 Å². The first-order chi connectivity index (χ1) is 15.7. The van der Waals surface area contributed by atoms with Gasteiger partial charge in [0.1, 0.15) is 6.07 Å². The number of hydrogen-bond donors (Lipinski definition) is 2.